The summed E-state index contributed by atoms with van der Waals surface area (Å²) < 4.78 is 0. The Morgan fingerprint density at radius 3 is 2.58 bits per heavy atom. The van der Waals surface area contributed by atoms with E-state index in [1.165, 1.54) is 29.5 Å². The van der Waals surface area contributed by atoms with Crippen LogP contribution in [0.2, 0.25) is 5.02 Å². The Balaban J connectivity index is 1.66. The SMILES string of the molecule is CC1CCC(C=Cc2ccc(Cl)c3ccccc23)N(c2ccncc2)C1. The van der Waals surface area contributed by atoms with Gasteiger partial charge >= 0.3 is 0 Å². The number of hydrogen-bond acceptors (Lipinski definition) is 2. The molecular formula is C23H23ClN2. The highest BCUT2D eigenvalue weighted by atomic mass is 35.5. The number of halogens is 1. The summed E-state index contributed by atoms with van der Waals surface area (Å²) in [6.07, 6.45) is 10.8. The van der Waals surface area contributed by atoms with Gasteiger partial charge in [0.2, 0.25) is 0 Å². The lowest BCUT2D eigenvalue weighted by atomic mass is 9.92. The van der Waals surface area contributed by atoms with Gasteiger partial charge in [-0.25, -0.2) is 0 Å². The molecule has 0 saturated carbocycles. The van der Waals surface area contributed by atoms with E-state index in [-0.39, 0.29) is 0 Å². The highest BCUT2D eigenvalue weighted by Crippen LogP contribution is 2.30. The number of piperidine rings is 1. The fraction of sp³-hybridized carbons (Fsp3) is 0.261. The molecule has 0 bridgehead atoms. The van der Waals surface area contributed by atoms with Crippen LogP contribution in [0.3, 0.4) is 0 Å². The van der Waals surface area contributed by atoms with E-state index < -0.39 is 0 Å². The molecule has 3 aromatic rings. The molecule has 1 aromatic heterocycles. The number of hydrogen-bond donors (Lipinski definition) is 0. The number of aromatic nitrogens is 1. The summed E-state index contributed by atoms with van der Waals surface area (Å²) in [7, 11) is 0. The Kier molecular flexibility index (Phi) is 4.94. The van der Waals surface area contributed by atoms with Crippen molar-refractivity contribution in [2.75, 3.05) is 11.4 Å². The van der Waals surface area contributed by atoms with Crippen LogP contribution >= 0.6 is 11.6 Å². The van der Waals surface area contributed by atoms with Crippen molar-refractivity contribution in [1.82, 2.24) is 4.98 Å². The maximum atomic E-state index is 6.36. The molecule has 1 aliphatic heterocycles. The molecule has 0 aliphatic carbocycles. The first-order valence-electron chi connectivity index (χ1n) is 9.24. The van der Waals surface area contributed by atoms with Crippen LogP contribution in [-0.2, 0) is 0 Å². The summed E-state index contributed by atoms with van der Waals surface area (Å²) in [4.78, 5) is 6.67. The van der Waals surface area contributed by atoms with Gasteiger partial charge < -0.3 is 4.90 Å². The lowest BCUT2D eigenvalue weighted by Crippen LogP contribution is -2.41. The van der Waals surface area contributed by atoms with Crippen LogP contribution in [0.4, 0.5) is 5.69 Å². The molecule has 1 saturated heterocycles. The summed E-state index contributed by atoms with van der Waals surface area (Å²) in [5.74, 6) is 0.712. The van der Waals surface area contributed by atoms with E-state index in [0.29, 0.717) is 12.0 Å². The van der Waals surface area contributed by atoms with Gasteiger partial charge in [0.1, 0.15) is 0 Å². The van der Waals surface area contributed by atoms with Crippen LogP contribution in [0, 0.1) is 5.92 Å². The van der Waals surface area contributed by atoms with Crippen molar-refractivity contribution in [2.45, 2.75) is 25.8 Å². The molecule has 4 rings (SSSR count). The molecule has 2 nitrogen and oxygen atoms in total. The summed E-state index contributed by atoms with van der Waals surface area (Å²) >= 11 is 6.36. The van der Waals surface area contributed by atoms with Gasteiger partial charge in [0.25, 0.3) is 0 Å². The lowest BCUT2D eigenvalue weighted by Gasteiger charge is -2.39. The maximum absolute atomic E-state index is 6.36. The number of nitrogens with zero attached hydrogens (tertiary/aromatic N) is 2. The smallest absolute Gasteiger partial charge is 0.0484 e. The third-order valence-electron chi connectivity index (χ3n) is 5.26. The molecule has 2 aromatic carbocycles. The number of rotatable bonds is 3. The first-order valence-corrected chi connectivity index (χ1v) is 9.62. The van der Waals surface area contributed by atoms with E-state index in [2.05, 4.69) is 65.4 Å². The van der Waals surface area contributed by atoms with Crippen molar-refractivity contribution in [2.24, 2.45) is 5.92 Å². The standard InChI is InChI=1S/C23H23ClN2/c1-17-6-9-19(26(16-17)20-12-14-25-15-13-20)10-7-18-8-11-23(24)22-5-3-2-4-21(18)22/h2-5,7-8,10-15,17,19H,6,9,16H2,1H3. The molecule has 26 heavy (non-hydrogen) atoms. The number of benzene rings is 2. The molecule has 0 amide bonds. The number of pyridine rings is 1. The Hall–Kier alpha value is -2.32. The van der Waals surface area contributed by atoms with Gasteiger partial charge in [0.05, 0.1) is 0 Å². The molecule has 0 N–H and O–H groups in total. The second-order valence-corrected chi connectivity index (χ2v) is 7.56. The summed E-state index contributed by atoms with van der Waals surface area (Å²) in [6, 6.07) is 17.1. The van der Waals surface area contributed by atoms with Crippen molar-refractivity contribution in [3.63, 3.8) is 0 Å². The van der Waals surface area contributed by atoms with Crippen molar-refractivity contribution in [1.29, 1.82) is 0 Å². The van der Waals surface area contributed by atoms with Crippen molar-refractivity contribution in [3.05, 3.63) is 77.6 Å². The fourth-order valence-electron chi connectivity index (χ4n) is 3.85. The fourth-order valence-corrected chi connectivity index (χ4v) is 4.08. The second kappa shape index (κ2) is 7.51. The molecular weight excluding hydrogens is 340 g/mol. The van der Waals surface area contributed by atoms with E-state index in [0.717, 1.165) is 17.0 Å². The van der Waals surface area contributed by atoms with Gasteiger partial charge in [-0.05, 0) is 47.9 Å². The van der Waals surface area contributed by atoms with Gasteiger partial charge in [0, 0.05) is 41.1 Å². The minimum atomic E-state index is 0.406. The zero-order chi connectivity index (χ0) is 17.9. The predicted molar refractivity (Wildman–Crippen MR) is 112 cm³/mol. The number of fused-ring (bicyclic) bond motifs is 1. The first-order chi connectivity index (χ1) is 12.7. The van der Waals surface area contributed by atoms with Crippen LogP contribution in [-0.4, -0.2) is 17.6 Å². The quantitative estimate of drug-likeness (QED) is 0.550. The Bertz CT molecular complexity index is 920. The van der Waals surface area contributed by atoms with Crippen molar-refractivity contribution >= 4 is 34.1 Å². The molecule has 2 atom stereocenters. The predicted octanol–water partition coefficient (Wildman–Crippen LogP) is 6.21. The van der Waals surface area contributed by atoms with Gasteiger partial charge in [-0.1, -0.05) is 61.0 Å². The zero-order valence-corrected chi connectivity index (χ0v) is 15.7. The molecule has 2 heterocycles. The van der Waals surface area contributed by atoms with Gasteiger partial charge in [-0.3, -0.25) is 4.98 Å². The van der Waals surface area contributed by atoms with E-state index in [1.54, 1.807) is 0 Å². The van der Waals surface area contributed by atoms with Crippen molar-refractivity contribution in [3.8, 4) is 0 Å². The Morgan fingerprint density at radius 1 is 1.00 bits per heavy atom. The Labute approximate surface area is 160 Å². The zero-order valence-electron chi connectivity index (χ0n) is 15.0. The third-order valence-corrected chi connectivity index (χ3v) is 5.59. The monoisotopic (exact) mass is 362 g/mol. The average molecular weight is 363 g/mol. The molecule has 2 unspecified atom stereocenters. The van der Waals surface area contributed by atoms with E-state index in [1.807, 2.05) is 24.5 Å². The highest BCUT2D eigenvalue weighted by molar-refractivity contribution is 6.35. The lowest BCUT2D eigenvalue weighted by molar-refractivity contribution is 0.409. The molecule has 3 heteroatoms. The normalized spacial score (nSPS) is 20.8. The largest absolute Gasteiger partial charge is 0.365 e. The molecule has 132 valence electrons. The molecule has 0 radical (unpaired) electrons. The molecule has 1 aliphatic rings. The van der Waals surface area contributed by atoms with E-state index >= 15 is 0 Å². The molecule has 0 spiro atoms. The highest BCUT2D eigenvalue weighted by Gasteiger charge is 2.24. The van der Waals surface area contributed by atoms with Crippen LogP contribution in [0.1, 0.15) is 25.3 Å². The van der Waals surface area contributed by atoms with Gasteiger partial charge in [-0.15, -0.1) is 0 Å². The average Bonchev–Trinajstić information content (AvgIpc) is 2.69. The van der Waals surface area contributed by atoms with Crippen LogP contribution in [0.5, 0.6) is 0 Å². The van der Waals surface area contributed by atoms with Crippen molar-refractivity contribution < 1.29 is 0 Å². The first kappa shape index (κ1) is 17.1. The van der Waals surface area contributed by atoms with Crippen LogP contribution in [0.15, 0.2) is 67.0 Å². The maximum Gasteiger partial charge on any atom is 0.0484 e. The minimum Gasteiger partial charge on any atom is -0.365 e. The summed E-state index contributed by atoms with van der Waals surface area (Å²) in [5.41, 5.74) is 2.47. The van der Waals surface area contributed by atoms with E-state index in [9.17, 15) is 0 Å². The third kappa shape index (κ3) is 3.47. The summed E-state index contributed by atoms with van der Waals surface area (Å²) in [6.45, 7) is 3.42. The topological polar surface area (TPSA) is 16.1 Å². The van der Waals surface area contributed by atoms with Gasteiger partial charge in [0.15, 0.2) is 0 Å². The van der Waals surface area contributed by atoms with E-state index in [4.69, 9.17) is 11.6 Å². The molecule has 1 fully saturated rings. The number of anilines is 1. The summed E-state index contributed by atoms with van der Waals surface area (Å²) in [5, 5.41) is 3.12. The second-order valence-electron chi connectivity index (χ2n) is 7.15. The minimum absolute atomic E-state index is 0.406. The van der Waals surface area contributed by atoms with Gasteiger partial charge in [-0.2, -0.15) is 0 Å². The van der Waals surface area contributed by atoms with Crippen LogP contribution < -0.4 is 4.90 Å². The van der Waals surface area contributed by atoms with Crippen LogP contribution in [0.25, 0.3) is 16.8 Å². The Morgan fingerprint density at radius 2 is 1.77 bits per heavy atom.